The van der Waals surface area contributed by atoms with Gasteiger partial charge in [0.1, 0.15) is 5.75 Å². The smallest absolute Gasteiger partial charge is 0.375 e. The van der Waals surface area contributed by atoms with Gasteiger partial charge in [-0.25, -0.2) is 4.79 Å². The number of esters is 1. The van der Waals surface area contributed by atoms with Crippen LogP contribution in [0, 0.1) is 6.92 Å². The van der Waals surface area contributed by atoms with Crippen LogP contribution >= 0.6 is 11.6 Å². The number of fused-ring (bicyclic) bond motifs is 1. The van der Waals surface area contributed by atoms with Crippen molar-refractivity contribution in [3.8, 4) is 5.75 Å². The van der Waals surface area contributed by atoms with Crippen molar-refractivity contribution in [1.29, 1.82) is 0 Å². The van der Waals surface area contributed by atoms with E-state index in [-0.39, 0.29) is 11.3 Å². The first-order valence-electron chi connectivity index (χ1n) is 8.23. The summed E-state index contributed by atoms with van der Waals surface area (Å²) < 4.78 is 15.4. The lowest BCUT2D eigenvalue weighted by Gasteiger charge is -2.06. The van der Waals surface area contributed by atoms with Crippen LogP contribution in [0.1, 0.15) is 26.5 Å². The minimum absolute atomic E-state index is 0.0441. The maximum absolute atomic E-state index is 12.2. The summed E-state index contributed by atoms with van der Waals surface area (Å²) in [6.45, 7) is 1.05. The van der Waals surface area contributed by atoms with Crippen LogP contribution in [0.2, 0.25) is 5.02 Å². The van der Waals surface area contributed by atoms with Crippen LogP contribution < -0.4 is 10.1 Å². The SMILES string of the molecule is COc1ccc(C(=O)NC(=O)COC(=O)c2oc3c(Cl)cccc3c2C)cc1. The van der Waals surface area contributed by atoms with Crippen molar-refractivity contribution in [3.63, 3.8) is 0 Å². The number of carbonyl (C=O) groups excluding carboxylic acids is 3. The molecular weight excluding hydrogens is 386 g/mol. The van der Waals surface area contributed by atoms with Gasteiger partial charge >= 0.3 is 5.97 Å². The van der Waals surface area contributed by atoms with E-state index >= 15 is 0 Å². The zero-order valence-corrected chi connectivity index (χ0v) is 15.8. The average molecular weight is 402 g/mol. The molecule has 8 heteroatoms. The first kappa shape index (κ1) is 19.4. The zero-order valence-electron chi connectivity index (χ0n) is 15.1. The Morgan fingerprint density at radius 3 is 2.46 bits per heavy atom. The average Bonchev–Trinajstić information content (AvgIpc) is 3.04. The van der Waals surface area contributed by atoms with Gasteiger partial charge in [0.15, 0.2) is 12.2 Å². The molecule has 0 aliphatic carbocycles. The summed E-state index contributed by atoms with van der Waals surface area (Å²) in [5.41, 5.74) is 1.19. The zero-order chi connectivity index (χ0) is 20.3. The number of hydrogen-bond acceptors (Lipinski definition) is 6. The molecule has 1 aromatic heterocycles. The summed E-state index contributed by atoms with van der Waals surface area (Å²) in [5, 5.41) is 3.19. The maximum Gasteiger partial charge on any atom is 0.375 e. The van der Waals surface area contributed by atoms with Crippen LogP contribution in [0.4, 0.5) is 0 Å². The second-order valence-corrected chi connectivity index (χ2v) is 6.26. The van der Waals surface area contributed by atoms with Crippen LogP contribution in [0.15, 0.2) is 46.9 Å². The molecule has 7 nitrogen and oxygen atoms in total. The number of aryl methyl sites for hydroxylation is 1. The summed E-state index contributed by atoms with van der Waals surface area (Å²) in [6, 6.07) is 11.3. The van der Waals surface area contributed by atoms with E-state index in [1.165, 1.54) is 19.2 Å². The highest BCUT2D eigenvalue weighted by Gasteiger charge is 2.21. The van der Waals surface area contributed by atoms with Gasteiger partial charge in [0.2, 0.25) is 5.76 Å². The molecule has 0 spiro atoms. The number of methoxy groups -OCH3 is 1. The highest BCUT2D eigenvalue weighted by molar-refractivity contribution is 6.35. The predicted molar refractivity (Wildman–Crippen MR) is 102 cm³/mol. The van der Waals surface area contributed by atoms with E-state index in [1.54, 1.807) is 37.3 Å². The van der Waals surface area contributed by atoms with E-state index < -0.39 is 24.4 Å². The second kappa shape index (κ2) is 8.14. The molecular formula is C20H16ClNO6. The number of benzene rings is 2. The van der Waals surface area contributed by atoms with Crippen LogP contribution in [0.5, 0.6) is 5.75 Å². The van der Waals surface area contributed by atoms with Crippen molar-refractivity contribution >= 4 is 40.4 Å². The molecule has 2 amide bonds. The Bertz CT molecular complexity index is 1050. The Morgan fingerprint density at radius 1 is 1.11 bits per heavy atom. The van der Waals surface area contributed by atoms with Crippen molar-refractivity contribution in [2.75, 3.05) is 13.7 Å². The van der Waals surface area contributed by atoms with Gasteiger partial charge in [0.05, 0.1) is 12.1 Å². The fourth-order valence-corrected chi connectivity index (χ4v) is 2.79. The Balaban J connectivity index is 1.61. The quantitative estimate of drug-likeness (QED) is 0.657. The van der Waals surface area contributed by atoms with Gasteiger partial charge in [-0.15, -0.1) is 0 Å². The lowest BCUT2D eigenvalue weighted by atomic mass is 10.1. The molecule has 144 valence electrons. The summed E-state index contributed by atoms with van der Waals surface area (Å²) in [6.07, 6.45) is 0. The van der Waals surface area contributed by atoms with Gasteiger partial charge in [-0.05, 0) is 37.3 Å². The molecule has 2 aromatic carbocycles. The molecule has 3 rings (SSSR count). The van der Waals surface area contributed by atoms with Crippen molar-refractivity contribution in [1.82, 2.24) is 5.32 Å². The number of halogens is 1. The Labute approximate surface area is 165 Å². The van der Waals surface area contributed by atoms with Gasteiger partial charge < -0.3 is 13.9 Å². The highest BCUT2D eigenvalue weighted by Crippen LogP contribution is 2.30. The third-order valence-electron chi connectivity index (χ3n) is 4.04. The number of hydrogen-bond donors (Lipinski definition) is 1. The number of carbonyl (C=O) groups is 3. The molecule has 28 heavy (non-hydrogen) atoms. The van der Waals surface area contributed by atoms with Crippen molar-refractivity contribution in [2.24, 2.45) is 0 Å². The number of para-hydroxylation sites is 1. The summed E-state index contributed by atoms with van der Waals surface area (Å²) >= 11 is 6.05. The summed E-state index contributed by atoms with van der Waals surface area (Å²) in [4.78, 5) is 36.2. The molecule has 0 bridgehead atoms. The van der Waals surface area contributed by atoms with Gasteiger partial charge in [-0.2, -0.15) is 0 Å². The molecule has 0 atom stereocenters. The Kier molecular flexibility index (Phi) is 5.65. The second-order valence-electron chi connectivity index (χ2n) is 5.85. The lowest BCUT2D eigenvalue weighted by Crippen LogP contribution is -2.34. The minimum Gasteiger partial charge on any atom is -0.497 e. The van der Waals surface area contributed by atoms with Crippen LogP contribution in [-0.2, 0) is 9.53 Å². The number of rotatable bonds is 5. The number of nitrogens with one attached hydrogen (secondary N) is 1. The summed E-state index contributed by atoms with van der Waals surface area (Å²) in [7, 11) is 1.50. The number of amides is 2. The molecule has 3 aromatic rings. The maximum atomic E-state index is 12.2. The van der Waals surface area contributed by atoms with Crippen LogP contribution in [0.3, 0.4) is 0 Å². The van der Waals surface area contributed by atoms with E-state index in [0.29, 0.717) is 27.3 Å². The number of furan rings is 1. The van der Waals surface area contributed by atoms with Crippen LogP contribution in [0.25, 0.3) is 11.0 Å². The third kappa shape index (κ3) is 3.99. The molecule has 1 N–H and O–H groups in total. The van der Waals surface area contributed by atoms with Crippen molar-refractivity contribution < 1.29 is 28.3 Å². The monoisotopic (exact) mass is 401 g/mol. The molecule has 0 saturated carbocycles. The van der Waals surface area contributed by atoms with Gasteiger partial charge in [-0.3, -0.25) is 14.9 Å². The van der Waals surface area contributed by atoms with Gasteiger partial charge in [0, 0.05) is 16.5 Å². The van der Waals surface area contributed by atoms with Gasteiger partial charge in [0.25, 0.3) is 11.8 Å². The first-order chi connectivity index (χ1) is 13.4. The topological polar surface area (TPSA) is 94.8 Å². The molecule has 0 fully saturated rings. The number of imide groups is 1. The summed E-state index contributed by atoms with van der Waals surface area (Å²) in [5.74, 6) is -1.66. The predicted octanol–water partition coefficient (Wildman–Crippen LogP) is 3.52. The van der Waals surface area contributed by atoms with E-state index in [0.717, 1.165) is 0 Å². The Hall–Kier alpha value is -3.32. The van der Waals surface area contributed by atoms with E-state index in [4.69, 9.17) is 25.5 Å². The fourth-order valence-electron chi connectivity index (χ4n) is 2.58. The molecule has 0 aliphatic rings. The molecule has 0 aliphatic heterocycles. The normalized spacial score (nSPS) is 10.5. The highest BCUT2D eigenvalue weighted by atomic mass is 35.5. The first-order valence-corrected chi connectivity index (χ1v) is 8.61. The molecule has 0 unspecified atom stereocenters. The van der Waals surface area contributed by atoms with Crippen molar-refractivity contribution in [3.05, 3.63) is 64.4 Å². The fraction of sp³-hybridized carbons (Fsp3) is 0.150. The minimum atomic E-state index is -0.822. The van der Waals surface area contributed by atoms with Gasteiger partial charge in [-0.1, -0.05) is 23.7 Å². The van der Waals surface area contributed by atoms with E-state index in [2.05, 4.69) is 5.32 Å². The molecule has 0 saturated heterocycles. The molecule has 0 radical (unpaired) electrons. The van der Waals surface area contributed by atoms with E-state index in [1.807, 2.05) is 0 Å². The van der Waals surface area contributed by atoms with Crippen molar-refractivity contribution in [2.45, 2.75) is 6.92 Å². The largest absolute Gasteiger partial charge is 0.497 e. The third-order valence-corrected chi connectivity index (χ3v) is 4.34. The molecule has 1 heterocycles. The Morgan fingerprint density at radius 2 is 1.82 bits per heavy atom. The standard InChI is InChI=1S/C20H16ClNO6/c1-11-14-4-3-5-15(21)18(14)28-17(11)20(25)27-10-16(23)22-19(24)12-6-8-13(26-2)9-7-12/h3-9H,10H2,1-2H3,(H,22,23,24). The lowest BCUT2D eigenvalue weighted by molar-refractivity contribution is -0.123. The van der Waals surface area contributed by atoms with E-state index in [9.17, 15) is 14.4 Å². The van der Waals surface area contributed by atoms with Crippen LogP contribution in [-0.4, -0.2) is 31.5 Å². The number of ether oxygens (including phenoxy) is 2.